The first-order valence-electron chi connectivity index (χ1n) is 5.65. The van der Waals surface area contributed by atoms with Gasteiger partial charge in [0.15, 0.2) is 0 Å². The van der Waals surface area contributed by atoms with Gasteiger partial charge in [0.1, 0.15) is 6.29 Å². The molecule has 0 saturated carbocycles. The Labute approximate surface area is 90.8 Å². The molecule has 1 aliphatic rings. The van der Waals surface area contributed by atoms with Crippen molar-refractivity contribution in [3.8, 4) is 0 Å². The summed E-state index contributed by atoms with van der Waals surface area (Å²) in [6.45, 7) is 0. The van der Waals surface area contributed by atoms with E-state index in [0.29, 0.717) is 0 Å². The summed E-state index contributed by atoms with van der Waals surface area (Å²) in [5.74, 6) is 0. The maximum atomic E-state index is 10.5. The van der Waals surface area contributed by atoms with Crippen molar-refractivity contribution < 1.29 is 4.79 Å². The van der Waals surface area contributed by atoms with Crippen LogP contribution >= 0.6 is 0 Å². The number of rotatable bonds is 2. The van der Waals surface area contributed by atoms with Crippen molar-refractivity contribution in [2.45, 2.75) is 32.1 Å². The Morgan fingerprint density at radius 1 is 1.00 bits per heavy atom. The van der Waals surface area contributed by atoms with Crippen LogP contribution in [0.15, 0.2) is 30.3 Å². The van der Waals surface area contributed by atoms with E-state index >= 15 is 0 Å². The second-order valence-electron chi connectivity index (χ2n) is 4.07. The minimum absolute atomic E-state index is 0.757. The predicted molar refractivity (Wildman–Crippen MR) is 62.9 cm³/mol. The molecule has 0 N–H and O–H groups in total. The number of aldehydes is 1. The van der Waals surface area contributed by atoms with Crippen LogP contribution in [0.4, 0.5) is 0 Å². The molecule has 0 aliphatic heterocycles. The summed E-state index contributed by atoms with van der Waals surface area (Å²) < 4.78 is 0. The topological polar surface area (TPSA) is 17.1 Å². The zero-order chi connectivity index (χ0) is 10.5. The van der Waals surface area contributed by atoms with E-state index in [-0.39, 0.29) is 0 Å². The van der Waals surface area contributed by atoms with Crippen molar-refractivity contribution in [2.24, 2.45) is 0 Å². The highest BCUT2D eigenvalue weighted by Gasteiger charge is 2.04. The van der Waals surface area contributed by atoms with E-state index in [1.54, 1.807) is 0 Å². The molecule has 1 heteroatoms. The molecule has 2 rings (SSSR count). The molecule has 0 heterocycles. The molecule has 1 aromatic rings. The predicted octanol–water partition coefficient (Wildman–Crippen LogP) is 3.85. The molecule has 0 aromatic heterocycles. The van der Waals surface area contributed by atoms with E-state index in [1.807, 2.05) is 12.1 Å². The van der Waals surface area contributed by atoms with Gasteiger partial charge in [0.05, 0.1) is 0 Å². The van der Waals surface area contributed by atoms with Crippen LogP contribution in [-0.2, 0) is 0 Å². The molecule has 0 saturated heterocycles. The Bertz CT molecular complexity index is 359. The van der Waals surface area contributed by atoms with E-state index < -0.39 is 0 Å². The van der Waals surface area contributed by atoms with Crippen molar-refractivity contribution in [3.63, 3.8) is 0 Å². The van der Waals surface area contributed by atoms with E-state index in [0.717, 1.165) is 11.8 Å². The maximum Gasteiger partial charge on any atom is 0.150 e. The minimum atomic E-state index is 0.757. The fraction of sp³-hybridized carbons (Fsp3) is 0.357. The highest BCUT2D eigenvalue weighted by atomic mass is 16.1. The SMILES string of the molecule is O=Cc1ccc(C2=CCCCCC2)cc1. The number of carbonyl (C=O) groups is 1. The number of allylic oxidation sites excluding steroid dienone is 2. The van der Waals surface area contributed by atoms with Crippen molar-refractivity contribution >= 4 is 11.9 Å². The third-order valence-electron chi connectivity index (χ3n) is 2.96. The summed E-state index contributed by atoms with van der Waals surface area (Å²) in [6, 6.07) is 7.91. The summed E-state index contributed by atoms with van der Waals surface area (Å²) in [7, 11) is 0. The lowest BCUT2D eigenvalue weighted by atomic mass is 10.0. The van der Waals surface area contributed by atoms with Crippen LogP contribution in [0.3, 0.4) is 0 Å². The normalized spacial score (nSPS) is 16.7. The fourth-order valence-corrected chi connectivity index (χ4v) is 2.05. The van der Waals surface area contributed by atoms with Crippen molar-refractivity contribution in [2.75, 3.05) is 0 Å². The molecule has 0 bridgehead atoms. The number of carbonyl (C=O) groups excluding carboxylic acids is 1. The van der Waals surface area contributed by atoms with Crippen molar-refractivity contribution in [1.82, 2.24) is 0 Å². The smallest absolute Gasteiger partial charge is 0.150 e. The van der Waals surface area contributed by atoms with Gasteiger partial charge in [0.2, 0.25) is 0 Å². The first-order chi connectivity index (χ1) is 7.40. The monoisotopic (exact) mass is 200 g/mol. The van der Waals surface area contributed by atoms with Crippen LogP contribution < -0.4 is 0 Å². The standard InChI is InChI=1S/C14H16O/c15-11-12-7-9-14(10-8-12)13-5-3-1-2-4-6-13/h5,7-11H,1-4,6H2. The fourth-order valence-electron chi connectivity index (χ4n) is 2.05. The Morgan fingerprint density at radius 3 is 2.53 bits per heavy atom. The van der Waals surface area contributed by atoms with E-state index in [1.165, 1.54) is 43.2 Å². The largest absolute Gasteiger partial charge is 0.298 e. The Hall–Kier alpha value is -1.37. The quantitative estimate of drug-likeness (QED) is 0.663. The average molecular weight is 200 g/mol. The van der Waals surface area contributed by atoms with Crippen LogP contribution in [-0.4, -0.2) is 6.29 Å². The summed E-state index contributed by atoms with van der Waals surface area (Å²) in [5.41, 5.74) is 3.49. The molecule has 0 unspecified atom stereocenters. The molecule has 1 nitrogen and oxygen atoms in total. The lowest BCUT2D eigenvalue weighted by Gasteiger charge is -2.05. The summed E-state index contributed by atoms with van der Waals surface area (Å²) >= 11 is 0. The van der Waals surface area contributed by atoms with Crippen molar-refractivity contribution in [3.05, 3.63) is 41.5 Å². The molecule has 78 valence electrons. The Morgan fingerprint density at radius 2 is 1.80 bits per heavy atom. The lowest BCUT2D eigenvalue weighted by molar-refractivity contribution is 0.112. The molecule has 1 aromatic carbocycles. The van der Waals surface area contributed by atoms with Crippen LogP contribution in [0.2, 0.25) is 0 Å². The van der Waals surface area contributed by atoms with E-state index in [9.17, 15) is 4.79 Å². The lowest BCUT2D eigenvalue weighted by Crippen LogP contribution is -1.85. The van der Waals surface area contributed by atoms with Gasteiger partial charge < -0.3 is 0 Å². The first-order valence-corrected chi connectivity index (χ1v) is 5.65. The van der Waals surface area contributed by atoms with Crippen LogP contribution in [0.1, 0.15) is 48.0 Å². The molecule has 0 amide bonds. The van der Waals surface area contributed by atoms with Gasteiger partial charge in [-0.05, 0) is 36.8 Å². The summed E-state index contributed by atoms with van der Waals surface area (Å²) in [4.78, 5) is 10.5. The summed E-state index contributed by atoms with van der Waals surface area (Å²) in [5, 5.41) is 0. The van der Waals surface area contributed by atoms with Gasteiger partial charge in [-0.15, -0.1) is 0 Å². The maximum absolute atomic E-state index is 10.5. The van der Waals surface area contributed by atoms with Crippen LogP contribution in [0, 0.1) is 0 Å². The zero-order valence-electron chi connectivity index (χ0n) is 8.91. The first kappa shape index (κ1) is 10.2. The molecule has 15 heavy (non-hydrogen) atoms. The highest BCUT2D eigenvalue weighted by molar-refractivity contribution is 5.76. The molecule has 0 fully saturated rings. The van der Waals surface area contributed by atoms with Gasteiger partial charge >= 0.3 is 0 Å². The highest BCUT2D eigenvalue weighted by Crippen LogP contribution is 2.25. The molecular formula is C14H16O. The minimum Gasteiger partial charge on any atom is -0.298 e. The molecule has 1 aliphatic carbocycles. The average Bonchev–Trinajstić information content (AvgIpc) is 2.58. The second-order valence-corrected chi connectivity index (χ2v) is 4.07. The number of hydrogen-bond donors (Lipinski definition) is 0. The summed E-state index contributed by atoms with van der Waals surface area (Å²) in [6.07, 6.45) is 9.57. The van der Waals surface area contributed by atoms with Crippen molar-refractivity contribution in [1.29, 1.82) is 0 Å². The van der Waals surface area contributed by atoms with Crippen LogP contribution in [0.5, 0.6) is 0 Å². The van der Waals surface area contributed by atoms with Gasteiger partial charge in [0, 0.05) is 5.56 Å². The molecule has 0 spiro atoms. The Kier molecular flexibility index (Phi) is 3.33. The number of hydrogen-bond acceptors (Lipinski definition) is 1. The molecule has 0 atom stereocenters. The van der Waals surface area contributed by atoms with Gasteiger partial charge in [-0.25, -0.2) is 0 Å². The van der Waals surface area contributed by atoms with Gasteiger partial charge in [0.25, 0.3) is 0 Å². The van der Waals surface area contributed by atoms with Gasteiger partial charge in [-0.1, -0.05) is 36.8 Å². The second kappa shape index (κ2) is 4.92. The third kappa shape index (κ3) is 2.56. The van der Waals surface area contributed by atoms with Gasteiger partial charge in [-0.2, -0.15) is 0 Å². The zero-order valence-corrected chi connectivity index (χ0v) is 8.91. The molecular weight excluding hydrogens is 184 g/mol. The Balaban J connectivity index is 2.20. The van der Waals surface area contributed by atoms with Gasteiger partial charge in [-0.3, -0.25) is 4.79 Å². The van der Waals surface area contributed by atoms with Crippen LogP contribution in [0.25, 0.3) is 5.57 Å². The number of benzene rings is 1. The van der Waals surface area contributed by atoms with E-state index in [4.69, 9.17) is 0 Å². The molecule has 0 radical (unpaired) electrons. The van der Waals surface area contributed by atoms with E-state index in [2.05, 4.69) is 18.2 Å². The third-order valence-corrected chi connectivity index (χ3v) is 2.96.